The van der Waals surface area contributed by atoms with Crippen molar-refractivity contribution >= 4 is 29.2 Å². The van der Waals surface area contributed by atoms with Gasteiger partial charge in [-0.2, -0.15) is 0 Å². The summed E-state index contributed by atoms with van der Waals surface area (Å²) >= 11 is 5.91. The number of halogens is 1. The maximum absolute atomic E-state index is 12.5. The summed E-state index contributed by atoms with van der Waals surface area (Å²) in [4.78, 5) is 29.3. The smallest absolute Gasteiger partial charge is 0.319 e. The maximum Gasteiger partial charge on any atom is 0.319 e. The van der Waals surface area contributed by atoms with Crippen LogP contribution in [0.3, 0.4) is 0 Å². The van der Waals surface area contributed by atoms with Crippen molar-refractivity contribution in [2.75, 3.05) is 46.0 Å². The predicted octanol–water partition coefficient (Wildman–Crippen LogP) is 1.36. The van der Waals surface area contributed by atoms with Crippen LogP contribution in [0.2, 0.25) is 5.02 Å². The number of urea groups is 1. The van der Waals surface area contributed by atoms with Crippen molar-refractivity contribution in [1.29, 1.82) is 0 Å². The fraction of sp³-hybridized carbons (Fsp3) is 0.429. The molecule has 114 valence electrons. The topological polar surface area (TPSA) is 69.9 Å². The van der Waals surface area contributed by atoms with Crippen LogP contribution in [0.4, 0.5) is 10.5 Å². The van der Waals surface area contributed by atoms with E-state index in [-0.39, 0.29) is 11.9 Å². The van der Waals surface area contributed by atoms with E-state index in [0.29, 0.717) is 42.5 Å². The molecule has 0 saturated carbocycles. The maximum atomic E-state index is 12.5. The number of carbonyl (C=O) groups is 2. The molecule has 0 unspecified atom stereocenters. The van der Waals surface area contributed by atoms with E-state index < -0.39 is 0 Å². The summed E-state index contributed by atoms with van der Waals surface area (Å²) in [7, 11) is 3.43. The van der Waals surface area contributed by atoms with Gasteiger partial charge in [-0.1, -0.05) is 11.6 Å². The first-order valence-corrected chi connectivity index (χ1v) is 7.08. The first-order chi connectivity index (χ1) is 9.90. The molecule has 0 bridgehead atoms. The summed E-state index contributed by atoms with van der Waals surface area (Å²) in [6.07, 6.45) is 0. The van der Waals surface area contributed by atoms with Crippen molar-refractivity contribution in [3.05, 3.63) is 28.8 Å². The molecule has 1 aliphatic heterocycles. The largest absolute Gasteiger partial charge is 0.398 e. The third kappa shape index (κ3) is 3.39. The summed E-state index contributed by atoms with van der Waals surface area (Å²) in [6, 6.07) is 4.82. The van der Waals surface area contributed by atoms with Crippen molar-refractivity contribution < 1.29 is 9.59 Å². The number of anilines is 1. The summed E-state index contributed by atoms with van der Waals surface area (Å²) in [5.74, 6) is -0.146. The molecule has 1 aromatic rings. The predicted molar refractivity (Wildman–Crippen MR) is 82.4 cm³/mol. The minimum absolute atomic E-state index is 0.0376. The summed E-state index contributed by atoms with van der Waals surface area (Å²) in [5, 5.41) is 0.481. The summed E-state index contributed by atoms with van der Waals surface area (Å²) in [5.41, 5.74) is 6.66. The van der Waals surface area contributed by atoms with Crippen molar-refractivity contribution in [2.45, 2.75) is 0 Å². The highest BCUT2D eigenvalue weighted by Gasteiger charge is 2.26. The third-order valence-electron chi connectivity index (χ3n) is 3.47. The zero-order valence-corrected chi connectivity index (χ0v) is 12.9. The number of hydrogen-bond acceptors (Lipinski definition) is 3. The van der Waals surface area contributed by atoms with Crippen molar-refractivity contribution in [3.8, 4) is 0 Å². The Hall–Kier alpha value is -1.95. The molecule has 3 amide bonds. The van der Waals surface area contributed by atoms with Gasteiger partial charge >= 0.3 is 6.03 Å². The number of amides is 3. The highest BCUT2D eigenvalue weighted by atomic mass is 35.5. The van der Waals surface area contributed by atoms with E-state index >= 15 is 0 Å². The normalized spacial score (nSPS) is 15.0. The Balaban J connectivity index is 2.03. The van der Waals surface area contributed by atoms with E-state index in [1.807, 2.05) is 0 Å². The highest BCUT2D eigenvalue weighted by Crippen LogP contribution is 2.20. The van der Waals surface area contributed by atoms with Crippen LogP contribution in [0.25, 0.3) is 0 Å². The van der Waals surface area contributed by atoms with Gasteiger partial charge in [0.25, 0.3) is 5.91 Å². The van der Waals surface area contributed by atoms with Gasteiger partial charge in [-0.25, -0.2) is 4.79 Å². The van der Waals surface area contributed by atoms with Gasteiger partial charge < -0.3 is 20.4 Å². The lowest BCUT2D eigenvalue weighted by Gasteiger charge is -2.36. The van der Waals surface area contributed by atoms with E-state index in [9.17, 15) is 9.59 Å². The van der Waals surface area contributed by atoms with Crippen molar-refractivity contribution in [1.82, 2.24) is 14.7 Å². The van der Waals surface area contributed by atoms with Crippen LogP contribution in [-0.2, 0) is 0 Å². The van der Waals surface area contributed by atoms with Gasteiger partial charge in [-0.3, -0.25) is 4.79 Å². The van der Waals surface area contributed by atoms with Crippen LogP contribution in [-0.4, -0.2) is 66.9 Å². The molecule has 1 fully saturated rings. The van der Waals surface area contributed by atoms with Crippen LogP contribution in [0.15, 0.2) is 18.2 Å². The lowest BCUT2D eigenvalue weighted by Crippen LogP contribution is -2.52. The second kappa shape index (κ2) is 6.22. The van der Waals surface area contributed by atoms with Gasteiger partial charge in [0.2, 0.25) is 0 Å². The number of nitrogens with zero attached hydrogens (tertiary/aromatic N) is 3. The van der Waals surface area contributed by atoms with Gasteiger partial charge in [0, 0.05) is 51.0 Å². The molecule has 2 rings (SSSR count). The minimum Gasteiger partial charge on any atom is -0.398 e. The van der Waals surface area contributed by atoms with Gasteiger partial charge in [0.1, 0.15) is 0 Å². The fourth-order valence-corrected chi connectivity index (χ4v) is 2.44. The van der Waals surface area contributed by atoms with Crippen molar-refractivity contribution in [3.63, 3.8) is 0 Å². The van der Waals surface area contributed by atoms with E-state index in [4.69, 9.17) is 17.3 Å². The number of hydrogen-bond donors (Lipinski definition) is 1. The molecule has 1 aliphatic rings. The molecule has 2 N–H and O–H groups in total. The Labute approximate surface area is 129 Å². The Kier molecular flexibility index (Phi) is 4.57. The molecule has 6 nitrogen and oxygen atoms in total. The molecule has 1 saturated heterocycles. The molecule has 7 heteroatoms. The molecule has 0 atom stereocenters. The number of nitrogens with two attached hydrogens (primary N) is 1. The Bertz CT molecular complexity index is 554. The fourth-order valence-electron chi connectivity index (χ4n) is 2.27. The quantitative estimate of drug-likeness (QED) is 0.796. The molecular formula is C14H19ClN4O2. The average molecular weight is 311 g/mol. The molecular weight excluding hydrogens is 292 g/mol. The first kappa shape index (κ1) is 15.4. The molecule has 0 radical (unpaired) electrons. The molecule has 1 aromatic carbocycles. The minimum atomic E-state index is -0.146. The number of benzene rings is 1. The van der Waals surface area contributed by atoms with Crippen LogP contribution < -0.4 is 5.73 Å². The number of piperazine rings is 1. The molecule has 0 spiro atoms. The summed E-state index contributed by atoms with van der Waals surface area (Å²) in [6.45, 7) is 2.02. The lowest BCUT2D eigenvalue weighted by atomic mass is 10.1. The Morgan fingerprint density at radius 1 is 1.14 bits per heavy atom. The Morgan fingerprint density at radius 2 is 1.71 bits per heavy atom. The number of nitrogen functional groups attached to an aromatic ring is 1. The molecule has 0 aliphatic carbocycles. The number of carbonyl (C=O) groups excluding carboxylic acids is 2. The van der Waals surface area contributed by atoms with Crippen LogP contribution in [0, 0.1) is 0 Å². The molecule has 21 heavy (non-hydrogen) atoms. The van der Waals surface area contributed by atoms with Gasteiger partial charge in [-0.05, 0) is 18.2 Å². The van der Waals surface area contributed by atoms with Crippen LogP contribution in [0.5, 0.6) is 0 Å². The van der Waals surface area contributed by atoms with Crippen LogP contribution >= 0.6 is 11.6 Å². The van der Waals surface area contributed by atoms with E-state index in [0.717, 1.165) is 0 Å². The zero-order valence-electron chi connectivity index (χ0n) is 12.2. The SMILES string of the molecule is CN(C)C(=O)N1CCN(C(=O)c2cc(Cl)ccc2N)CC1. The number of rotatable bonds is 1. The van der Waals surface area contributed by atoms with E-state index in [1.165, 1.54) is 4.90 Å². The van der Waals surface area contributed by atoms with Crippen molar-refractivity contribution in [2.24, 2.45) is 0 Å². The standard InChI is InChI=1S/C14H19ClN4O2/c1-17(2)14(21)19-7-5-18(6-8-19)13(20)11-9-10(15)3-4-12(11)16/h3-4,9H,5-8,16H2,1-2H3. The van der Waals surface area contributed by atoms with Gasteiger partial charge in [0.15, 0.2) is 0 Å². The van der Waals surface area contributed by atoms with Crippen LogP contribution in [0.1, 0.15) is 10.4 Å². The van der Waals surface area contributed by atoms with Gasteiger partial charge in [0.05, 0.1) is 5.56 Å². The Morgan fingerprint density at radius 3 is 2.29 bits per heavy atom. The van der Waals surface area contributed by atoms with E-state index in [2.05, 4.69) is 0 Å². The lowest BCUT2D eigenvalue weighted by molar-refractivity contribution is 0.0651. The highest BCUT2D eigenvalue weighted by molar-refractivity contribution is 6.31. The van der Waals surface area contributed by atoms with Gasteiger partial charge in [-0.15, -0.1) is 0 Å². The average Bonchev–Trinajstić information content (AvgIpc) is 2.48. The second-order valence-corrected chi connectivity index (χ2v) is 5.62. The monoisotopic (exact) mass is 310 g/mol. The summed E-state index contributed by atoms with van der Waals surface area (Å²) < 4.78 is 0. The molecule has 1 heterocycles. The third-order valence-corrected chi connectivity index (χ3v) is 3.70. The molecule has 0 aromatic heterocycles. The zero-order chi connectivity index (χ0) is 15.6. The second-order valence-electron chi connectivity index (χ2n) is 5.19. The van der Waals surface area contributed by atoms with E-state index in [1.54, 1.807) is 42.1 Å². The first-order valence-electron chi connectivity index (χ1n) is 6.70.